The highest BCUT2D eigenvalue weighted by atomic mass is 32.2. The second-order valence-electron chi connectivity index (χ2n) is 8.75. The molecule has 2 amide bonds. The van der Waals surface area contributed by atoms with E-state index < -0.39 is 41.3 Å². The average Bonchev–Trinajstić information content (AvgIpc) is 2.97. The fraction of sp³-hybridized carbons (Fsp3) is 0.321. The molecule has 1 saturated heterocycles. The first-order valence-electron chi connectivity index (χ1n) is 12.3. The second-order valence-corrected chi connectivity index (χ2v) is 10.8. The number of hydroxylamine groups is 2. The molecular formula is C28H27N3O7S2. The predicted octanol–water partition coefficient (Wildman–Crippen LogP) is 3.07. The Kier molecular flexibility index (Phi) is 9.87. The Morgan fingerprint density at radius 2 is 1.75 bits per heavy atom. The lowest BCUT2D eigenvalue weighted by molar-refractivity contribution is -0.206. The number of rotatable bonds is 11. The first-order valence-corrected chi connectivity index (χ1v) is 14.5. The van der Waals surface area contributed by atoms with Crippen molar-refractivity contribution in [1.82, 2.24) is 9.96 Å². The maximum Gasteiger partial charge on any atom is 0.356 e. The first kappa shape index (κ1) is 29.2. The van der Waals surface area contributed by atoms with Gasteiger partial charge in [0.15, 0.2) is 12.1 Å². The fourth-order valence-electron chi connectivity index (χ4n) is 4.40. The van der Waals surface area contributed by atoms with E-state index in [4.69, 9.17) is 19.6 Å². The van der Waals surface area contributed by atoms with Crippen molar-refractivity contribution >= 4 is 47.3 Å². The Balaban J connectivity index is 1.64. The Hall–Kier alpha value is -3.79. The predicted molar refractivity (Wildman–Crippen MR) is 148 cm³/mol. The van der Waals surface area contributed by atoms with E-state index in [-0.39, 0.29) is 29.6 Å². The van der Waals surface area contributed by atoms with Crippen LogP contribution in [0.3, 0.4) is 0 Å². The van der Waals surface area contributed by atoms with Gasteiger partial charge in [-0.3, -0.25) is 24.1 Å². The Morgan fingerprint density at radius 3 is 2.30 bits per heavy atom. The van der Waals surface area contributed by atoms with Crippen molar-refractivity contribution in [2.24, 2.45) is 0 Å². The third-order valence-electron chi connectivity index (χ3n) is 6.18. The minimum atomic E-state index is -0.970. The van der Waals surface area contributed by atoms with E-state index in [0.717, 1.165) is 28.0 Å². The molecule has 2 atom stereocenters. The monoisotopic (exact) mass is 581 g/mol. The first-order chi connectivity index (χ1) is 19.4. The van der Waals surface area contributed by atoms with Gasteiger partial charge in [-0.15, -0.1) is 23.5 Å². The zero-order valence-corrected chi connectivity index (χ0v) is 23.5. The van der Waals surface area contributed by atoms with Crippen molar-refractivity contribution in [2.45, 2.75) is 24.4 Å². The van der Waals surface area contributed by atoms with Crippen LogP contribution in [0.5, 0.6) is 0 Å². The van der Waals surface area contributed by atoms with Crippen LogP contribution in [0.15, 0.2) is 71.9 Å². The van der Waals surface area contributed by atoms with Crippen LogP contribution in [0, 0.1) is 11.3 Å². The molecule has 1 unspecified atom stereocenters. The van der Waals surface area contributed by atoms with Crippen molar-refractivity contribution in [3.63, 3.8) is 0 Å². The molecule has 2 heterocycles. The number of esters is 2. The van der Waals surface area contributed by atoms with Gasteiger partial charge in [0, 0.05) is 18.2 Å². The van der Waals surface area contributed by atoms with E-state index in [1.807, 2.05) is 66.7 Å². The number of carbonyl (C=O) groups is 4. The normalized spacial score (nSPS) is 17.9. The molecule has 0 saturated carbocycles. The Morgan fingerprint density at radius 1 is 1.12 bits per heavy atom. The minimum Gasteiger partial charge on any atom is -0.461 e. The molecule has 0 bridgehead atoms. The van der Waals surface area contributed by atoms with E-state index >= 15 is 0 Å². The molecule has 0 aromatic heterocycles. The van der Waals surface area contributed by atoms with Crippen molar-refractivity contribution in [3.05, 3.63) is 83.1 Å². The highest BCUT2D eigenvalue weighted by molar-refractivity contribution is 8.00. The molecule has 1 fully saturated rings. The number of nitrogens with zero attached hydrogens (tertiary/aromatic N) is 3. The van der Waals surface area contributed by atoms with Crippen LogP contribution in [0.25, 0.3) is 0 Å². The smallest absolute Gasteiger partial charge is 0.356 e. The zero-order valence-electron chi connectivity index (χ0n) is 21.8. The van der Waals surface area contributed by atoms with Crippen LogP contribution in [0.2, 0.25) is 0 Å². The van der Waals surface area contributed by atoms with E-state index in [2.05, 4.69) is 0 Å². The maximum atomic E-state index is 13.8. The molecular weight excluding hydrogens is 554 g/mol. The van der Waals surface area contributed by atoms with Gasteiger partial charge in [-0.25, -0.2) is 9.86 Å². The van der Waals surface area contributed by atoms with Crippen LogP contribution in [0.1, 0.15) is 24.2 Å². The molecule has 208 valence electrons. The van der Waals surface area contributed by atoms with E-state index in [0.29, 0.717) is 5.57 Å². The van der Waals surface area contributed by atoms with E-state index in [1.165, 1.54) is 30.7 Å². The molecule has 0 aliphatic carbocycles. The zero-order chi connectivity index (χ0) is 28.6. The summed E-state index contributed by atoms with van der Waals surface area (Å²) in [5.74, 6) is -1.93. The van der Waals surface area contributed by atoms with Gasteiger partial charge in [0.1, 0.15) is 17.7 Å². The number of carbonyl (C=O) groups excluding carboxylic acids is 4. The van der Waals surface area contributed by atoms with Crippen LogP contribution in [0.4, 0.5) is 0 Å². The number of benzene rings is 2. The summed E-state index contributed by atoms with van der Waals surface area (Å²) in [7, 11) is 1.29. The lowest BCUT2D eigenvalue weighted by atomic mass is 10.0. The average molecular weight is 582 g/mol. The number of fused-ring (bicyclic) bond motifs is 1. The van der Waals surface area contributed by atoms with Gasteiger partial charge in [-0.05, 0) is 11.1 Å². The number of β-lactam (4-membered cyclic amide) rings is 1. The molecule has 12 heteroatoms. The molecule has 2 aliphatic rings. The van der Waals surface area contributed by atoms with Gasteiger partial charge in [-0.2, -0.15) is 5.26 Å². The summed E-state index contributed by atoms with van der Waals surface area (Å²) in [6, 6.07) is 19.4. The number of ether oxygens (including phenoxy) is 2. The summed E-state index contributed by atoms with van der Waals surface area (Å²) in [5, 5.41) is 9.14. The molecule has 10 nitrogen and oxygen atoms in total. The lowest BCUT2D eigenvalue weighted by Gasteiger charge is -2.52. The molecule has 0 N–H and O–H groups in total. The summed E-state index contributed by atoms with van der Waals surface area (Å²) < 4.78 is 11.2. The van der Waals surface area contributed by atoms with E-state index in [9.17, 15) is 19.2 Å². The lowest BCUT2D eigenvalue weighted by Crippen LogP contribution is -2.71. The van der Waals surface area contributed by atoms with E-state index in [1.54, 1.807) is 0 Å². The van der Waals surface area contributed by atoms with Crippen molar-refractivity contribution in [1.29, 1.82) is 5.26 Å². The summed E-state index contributed by atoms with van der Waals surface area (Å²) in [5.41, 5.74) is 1.90. The number of hydrogen-bond donors (Lipinski definition) is 0. The standard InChI is InChI=1S/C28H27N3O7S2/c1-18(32)37-15-21-16-40-27-24(31(36-2)22(33)17-39-14-13-29)26(34)30(27)23(21)28(35)38-25(19-9-5-3-6-10-19)20-11-7-4-8-12-20/h3-12,24-25,27H,14-17H2,1-2H3/t24?,27-/m1/s1. The fourth-order valence-corrected chi connectivity index (χ4v) is 6.25. The highest BCUT2D eigenvalue weighted by Gasteiger charge is 2.58. The third-order valence-corrected chi connectivity index (χ3v) is 8.29. The molecule has 2 aromatic rings. The summed E-state index contributed by atoms with van der Waals surface area (Å²) in [6.07, 6.45) is -0.758. The second kappa shape index (κ2) is 13.5. The Bertz CT molecular complexity index is 1290. The topological polar surface area (TPSA) is 126 Å². The van der Waals surface area contributed by atoms with Gasteiger partial charge >= 0.3 is 11.9 Å². The highest BCUT2D eigenvalue weighted by Crippen LogP contribution is 2.43. The van der Waals surface area contributed by atoms with Crippen LogP contribution in [-0.2, 0) is 33.5 Å². The molecule has 2 aliphatic heterocycles. The number of thioether (sulfide) groups is 2. The molecule has 4 rings (SSSR count). The molecule has 0 spiro atoms. The van der Waals surface area contributed by atoms with Crippen molar-refractivity contribution < 1.29 is 33.5 Å². The maximum absolute atomic E-state index is 13.8. The molecule has 2 aromatic carbocycles. The summed E-state index contributed by atoms with van der Waals surface area (Å²) in [4.78, 5) is 58.2. The minimum absolute atomic E-state index is 0.00882. The number of hydrogen-bond acceptors (Lipinski definition) is 10. The summed E-state index contributed by atoms with van der Waals surface area (Å²) >= 11 is 2.43. The van der Waals surface area contributed by atoms with Crippen molar-refractivity contribution in [3.8, 4) is 6.07 Å². The SMILES string of the molecule is CON(C(=O)CSCC#N)C1C(=O)N2C(C(=O)OC(c3ccccc3)c3ccccc3)=C(COC(C)=O)CS[C@H]12. The number of amides is 2. The van der Waals surface area contributed by atoms with Crippen LogP contribution >= 0.6 is 23.5 Å². The largest absolute Gasteiger partial charge is 0.461 e. The van der Waals surface area contributed by atoms with Gasteiger partial charge in [-0.1, -0.05) is 60.7 Å². The van der Waals surface area contributed by atoms with Crippen molar-refractivity contribution in [2.75, 3.05) is 31.0 Å². The van der Waals surface area contributed by atoms with Crippen LogP contribution in [-0.4, -0.2) is 76.1 Å². The summed E-state index contributed by atoms with van der Waals surface area (Å²) in [6.45, 7) is 1.07. The van der Waals surface area contributed by atoms with Crippen LogP contribution < -0.4 is 0 Å². The molecule has 40 heavy (non-hydrogen) atoms. The Labute approximate surface area is 240 Å². The van der Waals surface area contributed by atoms with Gasteiger partial charge in [0.2, 0.25) is 0 Å². The van der Waals surface area contributed by atoms with Gasteiger partial charge < -0.3 is 9.47 Å². The van der Waals surface area contributed by atoms with Gasteiger partial charge in [0.05, 0.1) is 24.7 Å². The third kappa shape index (κ3) is 6.33. The quantitative estimate of drug-likeness (QED) is 0.169. The van der Waals surface area contributed by atoms with Gasteiger partial charge in [0.25, 0.3) is 11.8 Å². The molecule has 0 radical (unpaired) electrons. The number of nitriles is 1.